The van der Waals surface area contributed by atoms with Crippen molar-refractivity contribution in [2.24, 2.45) is 0 Å². The SMILES string of the molecule is COc1ccc(S(=O)(=O)[C@@H](CNC(=O)c2ccc3ccccc3c2)c2cccs2)cc1. The van der Waals surface area contributed by atoms with Gasteiger partial charge in [-0.3, -0.25) is 4.79 Å². The van der Waals surface area contributed by atoms with Gasteiger partial charge in [-0.15, -0.1) is 11.3 Å². The molecule has 1 atom stereocenters. The highest BCUT2D eigenvalue weighted by Gasteiger charge is 2.30. The number of methoxy groups -OCH3 is 1. The molecule has 5 nitrogen and oxygen atoms in total. The Balaban J connectivity index is 1.58. The van der Waals surface area contributed by atoms with Crippen molar-refractivity contribution >= 4 is 37.9 Å². The van der Waals surface area contributed by atoms with E-state index in [2.05, 4.69) is 5.32 Å². The Morgan fingerprint density at radius 3 is 2.39 bits per heavy atom. The molecule has 1 heterocycles. The molecule has 1 N–H and O–H groups in total. The zero-order valence-electron chi connectivity index (χ0n) is 16.8. The minimum absolute atomic E-state index is 0.0272. The number of ether oxygens (including phenoxy) is 1. The summed E-state index contributed by atoms with van der Waals surface area (Å²) in [6.07, 6.45) is 0. The fraction of sp³-hybridized carbons (Fsp3) is 0.125. The second-order valence-electron chi connectivity index (χ2n) is 7.00. The number of carbonyl (C=O) groups is 1. The van der Waals surface area contributed by atoms with Crippen molar-refractivity contribution in [3.05, 3.63) is 94.7 Å². The number of sulfone groups is 1. The van der Waals surface area contributed by atoms with Crippen molar-refractivity contribution < 1.29 is 17.9 Å². The predicted molar refractivity (Wildman–Crippen MR) is 124 cm³/mol. The largest absolute Gasteiger partial charge is 0.497 e. The lowest BCUT2D eigenvalue weighted by Crippen LogP contribution is -2.31. The molecular formula is C24H21NO4S2. The second kappa shape index (κ2) is 8.91. The highest BCUT2D eigenvalue weighted by Crippen LogP contribution is 2.32. The fourth-order valence-corrected chi connectivity index (χ4v) is 6.17. The third-order valence-corrected chi connectivity index (χ3v) is 8.32. The van der Waals surface area contributed by atoms with Crippen molar-refractivity contribution in [1.29, 1.82) is 0 Å². The Hall–Kier alpha value is -3.16. The lowest BCUT2D eigenvalue weighted by atomic mass is 10.1. The Morgan fingerprint density at radius 1 is 0.968 bits per heavy atom. The topological polar surface area (TPSA) is 72.5 Å². The summed E-state index contributed by atoms with van der Waals surface area (Å²) in [5.74, 6) is 0.272. The highest BCUT2D eigenvalue weighted by atomic mass is 32.2. The Kier molecular flexibility index (Phi) is 6.06. The molecule has 0 unspecified atom stereocenters. The molecule has 0 bridgehead atoms. The van der Waals surface area contributed by atoms with E-state index in [1.54, 1.807) is 24.3 Å². The normalized spacial score (nSPS) is 12.4. The third kappa shape index (κ3) is 4.47. The predicted octanol–water partition coefficient (Wildman–Crippen LogP) is 4.85. The molecule has 0 saturated carbocycles. The van der Waals surface area contributed by atoms with Crippen LogP contribution in [-0.2, 0) is 9.84 Å². The molecule has 31 heavy (non-hydrogen) atoms. The maximum Gasteiger partial charge on any atom is 0.251 e. The van der Waals surface area contributed by atoms with E-state index in [4.69, 9.17) is 4.74 Å². The summed E-state index contributed by atoms with van der Waals surface area (Å²) >= 11 is 1.35. The lowest BCUT2D eigenvalue weighted by Gasteiger charge is -2.18. The summed E-state index contributed by atoms with van der Waals surface area (Å²) < 4.78 is 31.9. The molecule has 0 aliphatic rings. The summed E-state index contributed by atoms with van der Waals surface area (Å²) in [6, 6.07) is 23.1. The van der Waals surface area contributed by atoms with E-state index >= 15 is 0 Å². The third-order valence-electron chi connectivity index (χ3n) is 5.08. The van der Waals surface area contributed by atoms with Crippen LogP contribution in [-0.4, -0.2) is 28.0 Å². The quantitative estimate of drug-likeness (QED) is 0.436. The maximum atomic E-state index is 13.4. The summed E-state index contributed by atoms with van der Waals surface area (Å²) in [4.78, 5) is 13.7. The van der Waals surface area contributed by atoms with Gasteiger partial charge in [-0.05, 0) is 58.6 Å². The molecule has 0 radical (unpaired) electrons. The number of benzene rings is 3. The van der Waals surface area contributed by atoms with Crippen LogP contribution in [0.15, 0.2) is 89.1 Å². The summed E-state index contributed by atoms with van der Waals surface area (Å²) in [5, 5.41) is 5.75. The van der Waals surface area contributed by atoms with Gasteiger partial charge >= 0.3 is 0 Å². The monoisotopic (exact) mass is 451 g/mol. The van der Waals surface area contributed by atoms with E-state index in [0.717, 1.165) is 10.8 Å². The van der Waals surface area contributed by atoms with E-state index in [9.17, 15) is 13.2 Å². The number of rotatable bonds is 7. The van der Waals surface area contributed by atoms with Gasteiger partial charge in [0, 0.05) is 17.0 Å². The molecule has 1 aromatic heterocycles. The van der Waals surface area contributed by atoms with Gasteiger partial charge in [-0.1, -0.05) is 36.4 Å². The number of hydrogen-bond acceptors (Lipinski definition) is 5. The van der Waals surface area contributed by atoms with E-state index in [0.29, 0.717) is 16.2 Å². The van der Waals surface area contributed by atoms with Gasteiger partial charge in [0.2, 0.25) is 0 Å². The van der Waals surface area contributed by atoms with Crippen LogP contribution in [0.2, 0.25) is 0 Å². The summed E-state index contributed by atoms with van der Waals surface area (Å²) in [5.41, 5.74) is 0.491. The van der Waals surface area contributed by atoms with Gasteiger partial charge in [0.25, 0.3) is 5.91 Å². The van der Waals surface area contributed by atoms with Crippen molar-refractivity contribution in [1.82, 2.24) is 5.32 Å². The molecule has 7 heteroatoms. The molecule has 0 fully saturated rings. The number of fused-ring (bicyclic) bond motifs is 1. The first-order chi connectivity index (χ1) is 15.0. The fourth-order valence-electron chi connectivity index (χ4n) is 3.39. The van der Waals surface area contributed by atoms with Crippen LogP contribution in [0.1, 0.15) is 20.5 Å². The van der Waals surface area contributed by atoms with Gasteiger partial charge in [-0.2, -0.15) is 0 Å². The first kappa shape index (κ1) is 21.1. The van der Waals surface area contributed by atoms with E-state index < -0.39 is 15.1 Å². The van der Waals surface area contributed by atoms with Crippen LogP contribution < -0.4 is 10.1 Å². The number of hydrogen-bond donors (Lipinski definition) is 1. The molecule has 4 rings (SSSR count). The van der Waals surface area contributed by atoms with Crippen molar-refractivity contribution in [3.63, 3.8) is 0 Å². The van der Waals surface area contributed by atoms with Crippen molar-refractivity contribution in [2.75, 3.05) is 13.7 Å². The van der Waals surface area contributed by atoms with Gasteiger partial charge in [0.05, 0.1) is 12.0 Å². The van der Waals surface area contributed by atoms with Crippen LogP contribution in [0.4, 0.5) is 0 Å². The Labute approximate surface area is 185 Å². The number of amides is 1. The second-order valence-corrected chi connectivity index (χ2v) is 10.1. The Bertz CT molecular complexity index is 1300. The maximum absolute atomic E-state index is 13.4. The zero-order chi connectivity index (χ0) is 21.8. The molecule has 1 amide bonds. The van der Waals surface area contributed by atoms with Crippen LogP contribution in [0.3, 0.4) is 0 Å². The zero-order valence-corrected chi connectivity index (χ0v) is 18.4. The van der Waals surface area contributed by atoms with E-state index in [1.807, 2.05) is 47.8 Å². The molecule has 0 aliphatic heterocycles. The first-order valence-electron chi connectivity index (χ1n) is 9.67. The van der Waals surface area contributed by atoms with Gasteiger partial charge < -0.3 is 10.1 Å². The lowest BCUT2D eigenvalue weighted by molar-refractivity contribution is 0.0954. The van der Waals surface area contributed by atoms with Crippen LogP contribution in [0.25, 0.3) is 10.8 Å². The van der Waals surface area contributed by atoms with Crippen LogP contribution in [0, 0.1) is 0 Å². The average Bonchev–Trinajstić information content (AvgIpc) is 3.33. The molecule has 0 spiro atoms. The number of nitrogens with one attached hydrogen (secondary N) is 1. The molecular weight excluding hydrogens is 430 g/mol. The number of carbonyl (C=O) groups excluding carboxylic acids is 1. The van der Waals surface area contributed by atoms with E-state index in [-0.39, 0.29) is 17.3 Å². The molecule has 158 valence electrons. The average molecular weight is 452 g/mol. The molecule has 4 aromatic rings. The summed E-state index contributed by atoms with van der Waals surface area (Å²) in [6.45, 7) is -0.0272. The van der Waals surface area contributed by atoms with Crippen molar-refractivity contribution in [3.8, 4) is 5.75 Å². The standard InChI is InChI=1S/C24H21NO4S2/c1-29-20-10-12-21(13-11-20)31(27,28)23(22-7-4-14-30-22)16-25-24(26)19-9-8-17-5-2-3-6-18(17)15-19/h2-15,23H,16H2,1H3,(H,25,26)/t23-/m0/s1. The number of thiophene rings is 1. The van der Waals surface area contributed by atoms with Crippen molar-refractivity contribution in [2.45, 2.75) is 10.1 Å². The van der Waals surface area contributed by atoms with Gasteiger partial charge in [0.1, 0.15) is 11.0 Å². The van der Waals surface area contributed by atoms with Crippen LogP contribution in [0.5, 0.6) is 5.75 Å². The first-order valence-corrected chi connectivity index (χ1v) is 12.1. The van der Waals surface area contributed by atoms with Crippen LogP contribution >= 0.6 is 11.3 Å². The highest BCUT2D eigenvalue weighted by molar-refractivity contribution is 7.91. The Morgan fingerprint density at radius 2 is 1.71 bits per heavy atom. The molecule has 0 aliphatic carbocycles. The minimum Gasteiger partial charge on any atom is -0.497 e. The molecule has 3 aromatic carbocycles. The smallest absolute Gasteiger partial charge is 0.251 e. The van der Waals surface area contributed by atoms with Gasteiger partial charge in [-0.25, -0.2) is 8.42 Å². The van der Waals surface area contributed by atoms with E-state index in [1.165, 1.54) is 30.6 Å². The van der Waals surface area contributed by atoms with Gasteiger partial charge in [0.15, 0.2) is 9.84 Å². The minimum atomic E-state index is -3.72. The summed E-state index contributed by atoms with van der Waals surface area (Å²) in [7, 11) is -2.19. The molecule has 0 saturated heterocycles.